The zero-order valence-corrected chi connectivity index (χ0v) is 11.7. The second-order valence-electron chi connectivity index (χ2n) is 4.70. The molecule has 1 aliphatic heterocycles. The number of rotatable bonds is 7. The number of unbranched alkanes of at least 4 members (excludes halogenated alkanes) is 3. The quantitative estimate of drug-likeness (QED) is 0.530. The second-order valence-corrected chi connectivity index (χ2v) is 6.85. The highest BCUT2D eigenvalue weighted by atomic mass is 32.2. The molecule has 122 valence electrons. The van der Waals surface area contributed by atoms with Gasteiger partial charge in [0.1, 0.15) is 0 Å². The molecule has 1 heterocycles. The summed E-state index contributed by atoms with van der Waals surface area (Å²) in [5.41, 5.74) is 0. The smallest absolute Gasteiger partial charge is 0.335 e. The van der Waals surface area contributed by atoms with E-state index in [1.807, 2.05) is 0 Å². The molecule has 0 aromatic carbocycles. The first-order valence-corrected chi connectivity index (χ1v) is 7.85. The standard InChI is InChI=1S/C11H14F5NO3S/c12-9(13)5-7-20-10(9,14)11(15,16)21(18,19)8-4-2-1-3-6-17/h1-5,7-8H2. The van der Waals surface area contributed by atoms with Crippen molar-refractivity contribution in [2.24, 2.45) is 0 Å². The van der Waals surface area contributed by atoms with Crippen molar-refractivity contribution in [1.29, 1.82) is 5.26 Å². The summed E-state index contributed by atoms with van der Waals surface area (Å²) in [5, 5.41) is 2.91. The highest BCUT2D eigenvalue weighted by Gasteiger charge is 2.78. The minimum Gasteiger partial charge on any atom is -0.335 e. The Bertz CT molecular complexity index is 516. The second kappa shape index (κ2) is 6.04. The highest BCUT2D eigenvalue weighted by Crippen LogP contribution is 2.53. The van der Waals surface area contributed by atoms with Gasteiger partial charge in [0.05, 0.1) is 18.4 Å². The Morgan fingerprint density at radius 1 is 1.19 bits per heavy atom. The van der Waals surface area contributed by atoms with Crippen molar-refractivity contribution in [2.45, 2.75) is 49.1 Å². The lowest BCUT2D eigenvalue weighted by atomic mass is 10.1. The third-order valence-electron chi connectivity index (χ3n) is 3.15. The van der Waals surface area contributed by atoms with E-state index in [1.54, 1.807) is 6.07 Å². The van der Waals surface area contributed by atoms with Crippen LogP contribution >= 0.6 is 0 Å². The molecular weight excluding hydrogens is 321 g/mol. The van der Waals surface area contributed by atoms with Crippen molar-refractivity contribution < 1.29 is 35.1 Å². The molecule has 10 heteroatoms. The van der Waals surface area contributed by atoms with Crippen LogP contribution in [0.25, 0.3) is 0 Å². The van der Waals surface area contributed by atoms with E-state index in [9.17, 15) is 30.4 Å². The van der Waals surface area contributed by atoms with Gasteiger partial charge in [-0.15, -0.1) is 0 Å². The number of hydrogen-bond donors (Lipinski definition) is 0. The fourth-order valence-electron chi connectivity index (χ4n) is 1.88. The van der Waals surface area contributed by atoms with Gasteiger partial charge in [0.25, 0.3) is 0 Å². The van der Waals surface area contributed by atoms with Gasteiger partial charge in [-0.1, -0.05) is 6.42 Å². The van der Waals surface area contributed by atoms with Crippen LogP contribution in [0.15, 0.2) is 0 Å². The summed E-state index contributed by atoms with van der Waals surface area (Å²) in [5.74, 6) is -10.6. The van der Waals surface area contributed by atoms with E-state index in [1.165, 1.54) is 0 Å². The Morgan fingerprint density at radius 2 is 1.81 bits per heavy atom. The van der Waals surface area contributed by atoms with Crippen molar-refractivity contribution >= 4 is 9.84 Å². The molecule has 4 nitrogen and oxygen atoms in total. The largest absolute Gasteiger partial charge is 0.408 e. The molecular formula is C11H14F5NO3S. The summed E-state index contributed by atoms with van der Waals surface area (Å²) in [6, 6.07) is 1.78. The number of alkyl halides is 5. The lowest BCUT2D eigenvalue weighted by Crippen LogP contribution is -2.59. The van der Waals surface area contributed by atoms with Crippen molar-refractivity contribution in [1.82, 2.24) is 0 Å². The van der Waals surface area contributed by atoms with Crippen molar-refractivity contribution in [3.63, 3.8) is 0 Å². The van der Waals surface area contributed by atoms with Crippen LogP contribution in [0.2, 0.25) is 0 Å². The van der Waals surface area contributed by atoms with E-state index >= 15 is 0 Å². The maximum absolute atomic E-state index is 13.8. The van der Waals surface area contributed by atoms with Crippen LogP contribution < -0.4 is 0 Å². The molecule has 1 saturated heterocycles. The Kier molecular flexibility index (Phi) is 5.21. The molecule has 21 heavy (non-hydrogen) atoms. The van der Waals surface area contributed by atoms with Gasteiger partial charge in [0.2, 0.25) is 9.84 Å². The average molecular weight is 335 g/mol. The monoisotopic (exact) mass is 335 g/mol. The number of hydrogen-bond acceptors (Lipinski definition) is 4. The molecule has 0 aromatic heterocycles. The van der Waals surface area contributed by atoms with E-state index in [2.05, 4.69) is 4.74 Å². The summed E-state index contributed by atoms with van der Waals surface area (Å²) in [6.07, 6.45) is -1.05. The predicted octanol–water partition coefficient (Wildman–Crippen LogP) is 2.80. The van der Waals surface area contributed by atoms with Gasteiger partial charge < -0.3 is 4.74 Å². The van der Waals surface area contributed by atoms with Crippen LogP contribution in [0.5, 0.6) is 0 Å². The Hall–Kier alpha value is -0.950. The SMILES string of the molecule is N#CCCCCCS(=O)(=O)C(F)(F)C1(F)OCCC1(F)F. The fourth-order valence-corrected chi connectivity index (χ4v) is 3.33. The minimum atomic E-state index is -5.46. The predicted molar refractivity (Wildman–Crippen MR) is 62.2 cm³/mol. The molecule has 0 N–H and O–H groups in total. The maximum atomic E-state index is 13.8. The number of nitriles is 1. The first kappa shape index (κ1) is 18.1. The zero-order valence-electron chi connectivity index (χ0n) is 10.9. The summed E-state index contributed by atoms with van der Waals surface area (Å²) in [6.45, 7) is -0.989. The molecule has 0 aromatic rings. The first-order valence-electron chi connectivity index (χ1n) is 6.19. The third-order valence-corrected chi connectivity index (χ3v) is 5.02. The summed E-state index contributed by atoms with van der Waals surface area (Å²) in [4.78, 5) is 0. The number of ether oxygens (including phenoxy) is 1. The van der Waals surface area contributed by atoms with E-state index in [0.29, 0.717) is 0 Å². The van der Waals surface area contributed by atoms with Crippen LogP contribution in [-0.2, 0) is 14.6 Å². The minimum absolute atomic E-state index is 0.116. The Labute approximate surface area is 118 Å². The van der Waals surface area contributed by atoms with Crippen molar-refractivity contribution in [3.8, 4) is 6.07 Å². The van der Waals surface area contributed by atoms with Gasteiger partial charge in [-0.2, -0.15) is 27.2 Å². The van der Waals surface area contributed by atoms with E-state index < -0.39 is 45.6 Å². The average Bonchev–Trinajstić information content (AvgIpc) is 2.64. The fraction of sp³-hybridized carbons (Fsp3) is 0.909. The topological polar surface area (TPSA) is 67.2 Å². The first-order chi connectivity index (χ1) is 9.52. The molecule has 1 atom stereocenters. The van der Waals surface area contributed by atoms with Crippen LogP contribution in [0.3, 0.4) is 0 Å². The summed E-state index contributed by atoms with van der Waals surface area (Å²) < 4.78 is 94.5. The number of sulfone groups is 1. The molecule has 0 radical (unpaired) electrons. The third kappa shape index (κ3) is 3.13. The highest BCUT2D eigenvalue weighted by molar-refractivity contribution is 7.92. The zero-order chi connectivity index (χ0) is 16.4. The molecule has 0 amide bonds. The number of nitrogens with zero attached hydrogens (tertiary/aromatic N) is 1. The lowest BCUT2D eigenvalue weighted by molar-refractivity contribution is -0.296. The van der Waals surface area contributed by atoms with Gasteiger partial charge in [0.15, 0.2) is 0 Å². The molecule has 0 saturated carbocycles. The van der Waals surface area contributed by atoms with Gasteiger partial charge in [-0.05, 0) is 12.8 Å². The lowest BCUT2D eigenvalue weighted by Gasteiger charge is -2.32. The van der Waals surface area contributed by atoms with Crippen molar-refractivity contribution in [3.05, 3.63) is 0 Å². The van der Waals surface area contributed by atoms with Gasteiger partial charge in [-0.25, -0.2) is 8.42 Å². The normalized spacial score (nSPS) is 25.7. The molecule has 1 fully saturated rings. The van der Waals surface area contributed by atoms with Gasteiger partial charge in [0, 0.05) is 12.8 Å². The molecule has 0 spiro atoms. The van der Waals surface area contributed by atoms with Gasteiger partial charge in [-0.3, -0.25) is 0 Å². The van der Waals surface area contributed by atoms with Crippen LogP contribution in [0.4, 0.5) is 22.0 Å². The Morgan fingerprint density at radius 3 is 2.29 bits per heavy atom. The molecule has 0 aliphatic carbocycles. The summed E-state index contributed by atoms with van der Waals surface area (Å²) >= 11 is 0. The molecule has 1 unspecified atom stereocenters. The molecule has 0 bridgehead atoms. The summed E-state index contributed by atoms with van der Waals surface area (Å²) in [7, 11) is -5.46. The maximum Gasteiger partial charge on any atom is 0.408 e. The Balaban J connectivity index is 2.83. The van der Waals surface area contributed by atoms with Crippen LogP contribution in [-0.4, -0.2) is 37.8 Å². The van der Waals surface area contributed by atoms with Crippen molar-refractivity contribution in [2.75, 3.05) is 12.4 Å². The van der Waals surface area contributed by atoms with Crippen LogP contribution in [0.1, 0.15) is 32.1 Å². The van der Waals surface area contributed by atoms with Gasteiger partial charge >= 0.3 is 17.0 Å². The number of halogens is 5. The van der Waals surface area contributed by atoms with E-state index in [-0.39, 0.29) is 25.7 Å². The van der Waals surface area contributed by atoms with E-state index in [4.69, 9.17) is 5.26 Å². The molecule has 1 rings (SSSR count). The molecule has 1 aliphatic rings. The van der Waals surface area contributed by atoms with E-state index in [0.717, 1.165) is 0 Å². The van der Waals surface area contributed by atoms with Crippen LogP contribution in [0, 0.1) is 11.3 Å².